The Morgan fingerprint density at radius 3 is 3.00 bits per heavy atom. The van der Waals surface area contributed by atoms with E-state index in [1.54, 1.807) is 0 Å². The molecule has 2 rings (SSSR count). The first-order chi connectivity index (χ1) is 7.24. The molecule has 0 aliphatic heterocycles. The van der Waals surface area contributed by atoms with Gasteiger partial charge in [-0.15, -0.1) is 0 Å². The van der Waals surface area contributed by atoms with Gasteiger partial charge in [0.25, 0.3) is 0 Å². The van der Waals surface area contributed by atoms with Gasteiger partial charge < -0.3 is 10.8 Å². The number of aliphatic hydroxyl groups excluding tert-OH is 1. The van der Waals surface area contributed by atoms with Gasteiger partial charge >= 0.3 is 0 Å². The number of nitrogens with two attached hydrogens (primary N) is 1. The zero-order valence-electron chi connectivity index (χ0n) is 9.24. The minimum atomic E-state index is -0.308. The molecule has 0 spiro atoms. The van der Waals surface area contributed by atoms with E-state index in [2.05, 4.69) is 19.1 Å². The van der Waals surface area contributed by atoms with Gasteiger partial charge in [0.05, 0.1) is 6.10 Å². The van der Waals surface area contributed by atoms with E-state index in [0.29, 0.717) is 12.5 Å². The van der Waals surface area contributed by atoms with E-state index in [-0.39, 0.29) is 6.10 Å². The number of hydrogen-bond donors (Lipinski definition) is 2. The van der Waals surface area contributed by atoms with Gasteiger partial charge in [-0.1, -0.05) is 18.2 Å². The number of fused-ring (bicyclic) bond motifs is 1. The quantitative estimate of drug-likeness (QED) is 0.775. The van der Waals surface area contributed by atoms with Crippen LogP contribution in [0, 0.1) is 12.8 Å². The molecule has 2 atom stereocenters. The van der Waals surface area contributed by atoms with E-state index in [1.165, 1.54) is 11.1 Å². The zero-order chi connectivity index (χ0) is 10.8. The van der Waals surface area contributed by atoms with Crippen molar-refractivity contribution in [1.82, 2.24) is 0 Å². The van der Waals surface area contributed by atoms with Crippen LogP contribution in [0.3, 0.4) is 0 Å². The Hall–Kier alpha value is -0.860. The average Bonchev–Trinajstić information content (AvgIpc) is 2.23. The molecule has 0 saturated heterocycles. The molecule has 1 aliphatic carbocycles. The summed E-state index contributed by atoms with van der Waals surface area (Å²) in [6.07, 6.45) is 2.77. The molecule has 2 heteroatoms. The van der Waals surface area contributed by atoms with Crippen molar-refractivity contribution in [3.05, 3.63) is 34.9 Å². The van der Waals surface area contributed by atoms with Gasteiger partial charge in [-0.05, 0) is 55.3 Å². The first-order valence-electron chi connectivity index (χ1n) is 5.70. The fraction of sp³-hybridized carbons (Fsp3) is 0.538. The molecular weight excluding hydrogens is 186 g/mol. The molecule has 1 aromatic rings. The van der Waals surface area contributed by atoms with E-state index in [0.717, 1.165) is 24.8 Å². The maximum Gasteiger partial charge on any atom is 0.0821 e. The molecule has 0 fully saturated rings. The summed E-state index contributed by atoms with van der Waals surface area (Å²) in [5, 5.41) is 10.2. The number of hydrogen-bond acceptors (Lipinski definition) is 2. The SMILES string of the molecule is Cc1cccc2c1CCC(CCN)C2O. The zero-order valence-corrected chi connectivity index (χ0v) is 9.24. The second-order valence-corrected chi connectivity index (χ2v) is 4.46. The van der Waals surface area contributed by atoms with Crippen LogP contribution in [0.5, 0.6) is 0 Å². The summed E-state index contributed by atoms with van der Waals surface area (Å²) < 4.78 is 0. The molecular formula is C13H19NO. The third kappa shape index (κ3) is 1.92. The van der Waals surface area contributed by atoms with Gasteiger partial charge in [0.1, 0.15) is 0 Å². The second kappa shape index (κ2) is 4.33. The van der Waals surface area contributed by atoms with Crippen LogP contribution in [0.4, 0.5) is 0 Å². The Labute approximate surface area is 91.1 Å². The van der Waals surface area contributed by atoms with Crippen LogP contribution in [0.1, 0.15) is 35.6 Å². The molecule has 0 amide bonds. The highest BCUT2D eigenvalue weighted by molar-refractivity contribution is 5.38. The standard InChI is InChI=1S/C13H19NO/c1-9-3-2-4-12-11(9)6-5-10(7-8-14)13(12)15/h2-4,10,13,15H,5-8,14H2,1H3. The van der Waals surface area contributed by atoms with Gasteiger partial charge in [0.2, 0.25) is 0 Å². The summed E-state index contributed by atoms with van der Waals surface area (Å²) in [7, 11) is 0. The Bertz CT molecular complexity index is 348. The van der Waals surface area contributed by atoms with Crippen LogP contribution in [-0.2, 0) is 6.42 Å². The molecule has 0 saturated carbocycles. The Morgan fingerprint density at radius 1 is 1.47 bits per heavy atom. The van der Waals surface area contributed by atoms with Crippen molar-refractivity contribution < 1.29 is 5.11 Å². The fourth-order valence-electron chi connectivity index (χ4n) is 2.60. The summed E-state index contributed by atoms with van der Waals surface area (Å²) in [6, 6.07) is 6.20. The smallest absolute Gasteiger partial charge is 0.0821 e. The molecule has 0 bridgehead atoms. The molecule has 2 nitrogen and oxygen atoms in total. The van der Waals surface area contributed by atoms with Crippen LogP contribution in [0.25, 0.3) is 0 Å². The van der Waals surface area contributed by atoms with Crippen molar-refractivity contribution in [2.24, 2.45) is 11.7 Å². The summed E-state index contributed by atoms with van der Waals surface area (Å²) in [5.74, 6) is 0.351. The molecule has 0 heterocycles. The number of benzene rings is 1. The molecule has 2 unspecified atom stereocenters. The summed E-state index contributed by atoms with van der Waals surface area (Å²) in [6.45, 7) is 2.79. The van der Waals surface area contributed by atoms with Crippen LogP contribution in [-0.4, -0.2) is 11.7 Å². The van der Waals surface area contributed by atoms with Gasteiger partial charge in [-0.25, -0.2) is 0 Å². The lowest BCUT2D eigenvalue weighted by Gasteiger charge is -2.30. The maximum absolute atomic E-state index is 10.2. The summed E-state index contributed by atoms with van der Waals surface area (Å²) >= 11 is 0. The predicted molar refractivity (Wildman–Crippen MR) is 61.6 cm³/mol. The number of aliphatic hydroxyl groups is 1. The molecule has 15 heavy (non-hydrogen) atoms. The van der Waals surface area contributed by atoms with E-state index in [4.69, 9.17) is 5.73 Å². The van der Waals surface area contributed by atoms with E-state index in [9.17, 15) is 5.11 Å². The average molecular weight is 205 g/mol. The highest BCUT2D eigenvalue weighted by atomic mass is 16.3. The molecule has 0 aromatic heterocycles. The first-order valence-corrected chi connectivity index (χ1v) is 5.70. The van der Waals surface area contributed by atoms with Crippen molar-refractivity contribution in [3.8, 4) is 0 Å². The lowest BCUT2D eigenvalue weighted by atomic mass is 9.78. The second-order valence-electron chi connectivity index (χ2n) is 4.46. The molecule has 3 N–H and O–H groups in total. The third-order valence-corrected chi connectivity index (χ3v) is 3.51. The van der Waals surface area contributed by atoms with E-state index < -0.39 is 0 Å². The van der Waals surface area contributed by atoms with Gasteiger partial charge in [0, 0.05) is 0 Å². The lowest BCUT2D eigenvalue weighted by molar-refractivity contribution is 0.0897. The fourth-order valence-corrected chi connectivity index (χ4v) is 2.60. The Morgan fingerprint density at radius 2 is 2.27 bits per heavy atom. The number of rotatable bonds is 2. The highest BCUT2D eigenvalue weighted by Gasteiger charge is 2.27. The van der Waals surface area contributed by atoms with Crippen molar-refractivity contribution in [3.63, 3.8) is 0 Å². The molecule has 1 aliphatic rings. The monoisotopic (exact) mass is 205 g/mol. The van der Waals surface area contributed by atoms with E-state index >= 15 is 0 Å². The Kier molecular flexibility index (Phi) is 3.08. The van der Waals surface area contributed by atoms with Crippen molar-refractivity contribution >= 4 is 0 Å². The highest BCUT2D eigenvalue weighted by Crippen LogP contribution is 2.37. The van der Waals surface area contributed by atoms with E-state index in [1.807, 2.05) is 6.07 Å². The lowest BCUT2D eigenvalue weighted by Crippen LogP contribution is -2.23. The number of aryl methyl sites for hydroxylation is 1. The van der Waals surface area contributed by atoms with Crippen LogP contribution >= 0.6 is 0 Å². The largest absolute Gasteiger partial charge is 0.388 e. The van der Waals surface area contributed by atoms with Crippen molar-refractivity contribution in [2.75, 3.05) is 6.54 Å². The maximum atomic E-state index is 10.2. The summed E-state index contributed by atoms with van der Waals surface area (Å²) in [4.78, 5) is 0. The van der Waals surface area contributed by atoms with Crippen LogP contribution in [0.15, 0.2) is 18.2 Å². The van der Waals surface area contributed by atoms with Gasteiger partial charge in [-0.3, -0.25) is 0 Å². The van der Waals surface area contributed by atoms with Gasteiger partial charge in [0.15, 0.2) is 0 Å². The van der Waals surface area contributed by atoms with Crippen molar-refractivity contribution in [2.45, 2.75) is 32.3 Å². The minimum absolute atomic E-state index is 0.308. The summed E-state index contributed by atoms with van der Waals surface area (Å²) in [5.41, 5.74) is 9.33. The van der Waals surface area contributed by atoms with Crippen LogP contribution < -0.4 is 5.73 Å². The normalized spacial score (nSPS) is 25.0. The molecule has 82 valence electrons. The first kappa shape index (κ1) is 10.7. The Balaban J connectivity index is 2.30. The minimum Gasteiger partial charge on any atom is -0.388 e. The molecule has 0 radical (unpaired) electrons. The third-order valence-electron chi connectivity index (χ3n) is 3.51. The van der Waals surface area contributed by atoms with Crippen LogP contribution in [0.2, 0.25) is 0 Å². The topological polar surface area (TPSA) is 46.2 Å². The van der Waals surface area contributed by atoms with Crippen molar-refractivity contribution in [1.29, 1.82) is 0 Å². The molecule has 1 aromatic carbocycles. The predicted octanol–water partition coefficient (Wildman–Crippen LogP) is 1.94. The van der Waals surface area contributed by atoms with Gasteiger partial charge in [-0.2, -0.15) is 0 Å².